The Morgan fingerprint density at radius 3 is 2.81 bits per heavy atom. The van der Waals surface area contributed by atoms with Gasteiger partial charge in [0.1, 0.15) is 5.69 Å². The van der Waals surface area contributed by atoms with E-state index in [1.165, 1.54) is 0 Å². The van der Waals surface area contributed by atoms with E-state index in [0.29, 0.717) is 18.9 Å². The second kappa shape index (κ2) is 6.93. The van der Waals surface area contributed by atoms with Gasteiger partial charge in [0.15, 0.2) is 0 Å². The maximum Gasteiger partial charge on any atom is 0.102 e. The Balaban J connectivity index is 2.71. The number of nitrogens with zero attached hydrogens (tertiary/aromatic N) is 4. The van der Waals surface area contributed by atoms with Crippen molar-refractivity contribution in [3.63, 3.8) is 0 Å². The summed E-state index contributed by atoms with van der Waals surface area (Å²) in [5.41, 5.74) is 1.57. The van der Waals surface area contributed by atoms with Crippen LogP contribution in [0.4, 0.5) is 0 Å². The Kier molecular flexibility index (Phi) is 5.46. The number of nitriles is 1. The fourth-order valence-electron chi connectivity index (χ4n) is 1.41. The van der Waals surface area contributed by atoms with Gasteiger partial charge in [-0.25, -0.2) is 4.68 Å². The molecule has 0 aromatic carbocycles. The molecule has 0 aliphatic rings. The van der Waals surface area contributed by atoms with E-state index in [1.54, 1.807) is 18.9 Å². The van der Waals surface area contributed by atoms with Crippen molar-refractivity contribution >= 4 is 0 Å². The van der Waals surface area contributed by atoms with Gasteiger partial charge in [-0.3, -0.25) is 0 Å². The minimum atomic E-state index is 0.267. The highest BCUT2D eigenvalue weighted by molar-refractivity contribution is 5.13. The lowest BCUT2D eigenvalue weighted by Gasteiger charge is -2.05. The summed E-state index contributed by atoms with van der Waals surface area (Å²) >= 11 is 0. The smallest absolute Gasteiger partial charge is 0.102 e. The standard InChI is InChI=1S/C10H16N4O2/c1-15-7-3-6-14-10(8-16-2)9(4-5-11)12-13-14/h3-4,6-8H2,1-2H3. The molecule has 0 N–H and O–H groups in total. The minimum absolute atomic E-state index is 0.267. The zero-order chi connectivity index (χ0) is 11.8. The van der Waals surface area contributed by atoms with Crippen molar-refractivity contribution in [3.05, 3.63) is 11.4 Å². The van der Waals surface area contributed by atoms with E-state index in [9.17, 15) is 0 Å². The average Bonchev–Trinajstić information content (AvgIpc) is 2.64. The van der Waals surface area contributed by atoms with Crippen LogP contribution in [0.3, 0.4) is 0 Å². The molecule has 6 heteroatoms. The van der Waals surface area contributed by atoms with Gasteiger partial charge in [-0.15, -0.1) is 5.10 Å². The normalized spacial score (nSPS) is 10.3. The third kappa shape index (κ3) is 3.29. The molecule has 0 bridgehead atoms. The molecule has 6 nitrogen and oxygen atoms in total. The molecule has 16 heavy (non-hydrogen) atoms. The van der Waals surface area contributed by atoms with Crippen LogP contribution < -0.4 is 0 Å². The molecule has 1 aromatic rings. The fourth-order valence-corrected chi connectivity index (χ4v) is 1.41. The van der Waals surface area contributed by atoms with E-state index in [1.807, 2.05) is 0 Å². The van der Waals surface area contributed by atoms with Crippen molar-refractivity contribution in [2.24, 2.45) is 0 Å². The van der Waals surface area contributed by atoms with Crippen LogP contribution in [-0.4, -0.2) is 35.8 Å². The van der Waals surface area contributed by atoms with Gasteiger partial charge < -0.3 is 9.47 Å². The third-order valence-corrected chi connectivity index (χ3v) is 2.16. The summed E-state index contributed by atoms with van der Waals surface area (Å²) in [7, 11) is 3.28. The number of methoxy groups -OCH3 is 2. The van der Waals surface area contributed by atoms with Crippen molar-refractivity contribution < 1.29 is 9.47 Å². The summed E-state index contributed by atoms with van der Waals surface area (Å²) < 4.78 is 11.8. The monoisotopic (exact) mass is 224 g/mol. The third-order valence-electron chi connectivity index (χ3n) is 2.16. The van der Waals surface area contributed by atoms with Gasteiger partial charge in [0.05, 0.1) is 24.8 Å². The number of aryl methyl sites for hydroxylation is 1. The van der Waals surface area contributed by atoms with Crippen LogP contribution in [0.2, 0.25) is 0 Å². The van der Waals surface area contributed by atoms with Crippen molar-refractivity contribution in [2.45, 2.75) is 26.0 Å². The minimum Gasteiger partial charge on any atom is -0.385 e. The molecule has 0 saturated carbocycles. The van der Waals surface area contributed by atoms with Gasteiger partial charge in [-0.1, -0.05) is 5.21 Å². The molecule has 1 aromatic heterocycles. The first-order valence-corrected chi connectivity index (χ1v) is 5.09. The first kappa shape index (κ1) is 12.6. The van der Waals surface area contributed by atoms with E-state index >= 15 is 0 Å². The molecule has 0 fully saturated rings. The van der Waals surface area contributed by atoms with Crippen LogP contribution in [0.5, 0.6) is 0 Å². The number of rotatable bonds is 7. The molecule has 0 aliphatic carbocycles. The van der Waals surface area contributed by atoms with Crippen molar-refractivity contribution in [1.29, 1.82) is 5.26 Å². The van der Waals surface area contributed by atoms with Crippen LogP contribution in [0.15, 0.2) is 0 Å². The topological polar surface area (TPSA) is 73.0 Å². The highest BCUT2D eigenvalue weighted by atomic mass is 16.5. The van der Waals surface area contributed by atoms with Gasteiger partial charge in [0.2, 0.25) is 0 Å². The molecule has 0 aliphatic heterocycles. The Labute approximate surface area is 94.8 Å². The maximum atomic E-state index is 8.65. The summed E-state index contributed by atoms with van der Waals surface area (Å²) in [6.45, 7) is 1.84. The van der Waals surface area contributed by atoms with Crippen molar-refractivity contribution in [1.82, 2.24) is 15.0 Å². The van der Waals surface area contributed by atoms with Crippen molar-refractivity contribution in [3.8, 4) is 6.07 Å². The molecule has 1 rings (SSSR count). The second-order valence-electron chi connectivity index (χ2n) is 3.32. The first-order valence-electron chi connectivity index (χ1n) is 5.09. The quantitative estimate of drug-likeness (QED) is 0.631. The number of aromatic nitrogens is 3. The summed E-state index contributed by atoms with van der Waals surface area (Å²) in [5.74, 6) is 0. The number of ether oxygens (including phenoxy) is 2. The highest BCUT2D eigenvalue weighted by Gasteiger charge is 2.11. The van der Waals surface area contributed by atoms with E-state index < -0.39 is 0 Å². The van der Waals surface area contributed by atoms with E-state index in [-0.39, 0.29) is 6.42 Å². The zero-order valence-corrected chi connectivity index (χ0v) is 9.64. The van der Waals surface area contributed by atoms with E-state index in [0.717, 1.165) is 18.7 Å². The molecule has 0 radical (unpaired) electrons. The van der Waals surface area contributed by atoms with E-state index in [2.05, 4.69) is 16.4 Å². The largest absolute Gasteiger partial charge is 0.385 e. The Morgan fingerprint density at radius 1 is 1.38 bits per heavy atom. The highest BCUT2D eigenvalue weighted by Crippen LogP contribution is 2.08. The Morgan fingerprint density at radius 2 is 2.19 bits per heavy atom. The van der Waals surface area contributed by atoms with Gasteiger partial charge in [0, 0.05) is 27.4 Å². The summed E-state index contributed by atoms with van der Waals surface area (Å²) in [6.07, 6.45) is 1.13. The summed E-state index contributed by atoms with van der Waals surface area (Å²) in [6, 6.07) is 2.07. The molecule has 0 unspecified atom stereocenters. The lowest BCUT2D eigenvalue weighted by atomic mass is 10.2. The lowest BCUT2D eigenvalue weighted by molar-refractivity contribution is 0.170. The summed E-state index contributed by atoms with van der Waals surface area (Å²) in [5, 5.41) is 16.6. The molecule has 0 atom stereocenters. The predicted molar refractivity (Wildman–Crippen MR) is 56.5 cm³/mol. The molecule has 88 valence electrons. The van der Waals surface area contributed by atoms with Crippen LogP contribution in [-0.2, 0) is 29.0 Å². The zero-order valence-electron chi connectivity index (χ0n) is 9.64. The SMILES string of the molecule is COCCCn1nnc(CC#N)c1COC. The van der Waals surface area contributed by atoms with Crippen LogP contribution in [0.1, 0.15) is 17.8 Å². The Hall–Kier alpha value is -1.45. The van der Waals surface area contributed by atoms with Gasteiger partial charge >= 0.3 is 0 Å². The molecular weight excluding hydrogens is 208 g/mol. The van der Waals surface area contributed by atoms with Gasteiger partial charge in [0.25, 0.3) is 0 Å². The van der Waals surface area contributed by atoms with Crippen LogP contribution in [0.25, 0.3) is 0 Å². The van der Waals surface area contributed by atoms with Crippen LogP contribution in [0, 0.1) is 11.3 Å². The first-order chi connectivity index (χ1) is 7.83. The van der Waals surface area contributed by atoms with Crippen LogP contribution >= 0.6 is 0 Å². The Bertz CT molecular complexity index is 356. The van der Waals surface area contributed by atoms with Gasteiger partial charge in [-0.2, -0.15) is 5.26 Å². The number of hydrogen-bond acceptors (Lipinski definition) is 5. The predicted octanol–water partition coefficient (Wildman–Crippen LogP) is 0.527. The van der Waals surface area contributed by atoms with E-state index in [4.69, 9.17) is 14.7 Å². The molecule has 0 amide bonds. The van der Waals surface area contributed by atoms with Crippen molar-refractivity contribution in [2.75, 3.05) is 20.8 Å². The lowest BCUT2D eigenvalue weighted by Crippen LogP contribution is -2.09. The average molecular weight is 224 g/mol. The summed E-state index contributed by atoms with van der Waals surface area (Å²) in [4.78, 5) is 0. The molecule has 0 spiro atoms. The number of hydrogen-bond donors (Lipinski definition) is 0. The van der Waals surface area contributed by atoms with Gasteiger partial charge in [-0.05, 0) is 6.42 Å². The second-order valence-corrected chi connectivity index (χ2v) is 3.32. The molecular formula is C10H16N4O2. The fraction of sp³-hybridized carbons (Fsp3) is 0.700. The maximum absolute atomic E-state index is 8.65. The molecule has 1 heterocycles. The molecule has 0 saturated heterocycles.